The van der Waals surface area contributed by atoms with Gasteiger partial charge in [0.1, 0.15) is 6.61 Å². The molecule has 0 radical (unpaired) electrons. The van der Waals surface area contributed by atoms with Crippen LogP contribution in [0.25, 0.3) is 0 Å². The van der Waals surface area contributed by atoms with Crippen molar-refractivity contribution in [3.05, 3.63) is 33.2 Å². The predicted octanol–water partition coefficient (Wildman–Crippen LogP) is 0.468. The average molecular weight is 264 g/mol. The van der Waals surface area contributed by atoms with Gasteiger partial charge in [0.25, 0.3) is 5.56 Å². The Morgan fingerprint density at radius 3 is 2.84 bits per heavy atom. The molecule has 1 aliphatic heterocycles. The minimum absolute atomic E-state index is 0.117. The van der Waals surface area contributed by atoms with Gasteiger partial charge in [0.15, 0.2) is 5.60 Å². The number of cyclic esters (lactones) is 1. The van der Waals surface area contributed by atoms with Gasteiger partial charge in [0, 0.05) is 12.6 Å². The van der Waals surface area contributed by atoms with Crippen molar-refractivity contribution >= 4 is 11.7 Å². The summed E-state index contributed by atoms with van der Waals surface area (Å²) in [6.07, 6.45) is 0.143. The van der Waals surface area contributed by atoms with Crippen LogP contribution in [0.4, 0.5) is 0 Å². The van der Waals surface area contributed by atoms with Gasteiger partial charge in [0.05, 0.1) is 17.0 Å². The Bertz CT molecular complexity index is 618. The van der Waals surface area contributed by atoms with Gasteiger partial charge in [-0.3, -0.25) is 9.79 Å². The molecule has 0 bridgehead atoms. The zero-order valence-electron chi connectivity index (χ0n) is 11.1. The summed E-state index contributed by atoms with van der Waals surface area (Å²) in [5.74, 6) is -0.717. The maximum Gasteiger partial charge on any atom is 0.343 e. The van der Waals surface area contributed by atoms with Crippen LogP contribution in [0.3, 0.4) is 0 Å². The molecule has 1 atom stereocenters. The third-order valence-corrected chi connectivity index (χ3v) is 3.50. The van der Waals surface area contributed by atoms with Crippen molar-refractivity contribution in [2.75, 3.05) is 7.05 Å². The molecule has 0 saturated heterocycles. The number of aromatic nitrogens is 1. The number of nitrogens with zero attached hydrogens (tertiary/aromatic N) is 1. The number of aliphatic hydroxyl groups is 1. The number of fused-ring (bicyclic) bond motifs is 1. The summed E-state index contributed by atoms with van der Waals surface area (Å²) in [6, 6.07) is 1.60. The summed E-state index contributed by atoms with van der Waals surface area (Å²) in [6.45, 7) is 3.29. The lowest BCUT2D eigenvalue weighted by Crippen LogP contribution is -2.43. The number of pyridine rings is 1. The van der Waals surface area contributed by atoms with E-state index in [1.165, 1.54) is 0 Å². The highest BCUT2D eigenvalue weighted by atomic mass is 16.6. The fraction of sp³-hybridized carbons (Fsp3) is 0.462. The van der Waals surface area contributed by atoms with Crippen molar-refractivity contribution in [1.29, 1.82) is 0 Å². The monoisotopic (exact) mass is 264 g/mol. The molecule has 1 aliphatic rings. The van der Waals surface area contributed by atoms with Crippen LogP contribution in [-0.4, -0.2) is 28.8 Å². The Kier molecular flexibility index (Phi) is 3.28. The Morgan fingerprint density at radius 2 is 2.26 bits per heavy atom. The Hall–Kier alpha value is -1.95. The van der Waals surface area contributed by atoms with Gasteiger partial charge in [-0.25, -0.2) is 4.79 Å². The van der Waals surface area contributed by atoms with Gasteiger partial charge in [-0.1, -0.05) is 6.92 Å². The van der Waals surface area contributed by atoms with Crippen molar-refractivity contribution in [2.45, 2.75) is 32.5 Å². The molecule has 1 aromatic heterocycles. The van der Waals surface area contributed by atoms with Crippen molar-refractivity contribution in [3.8, 4) is 0 Å². The van der Waals surface area contributed by atoms with Gasteiger partial charge in [0.2, 0.25) is 0 Å². The molecule has 0 saturated carbocycles. The van der Waals surface area contributed by atoms with Gasteiger partial charge in [-0.05, 0) is 19.4 Å². The number of ether oxygens (including phenoxy) is 1. The normalized spacial score (nSPS) is 22.9. The SMILES string of the molecule is CC[C@@]1(O)C(=O)OCc2c1cc(/C(C)=N/C)[nH]c2=O. The zero-order chi connectivity index (χ0) is 14.2. The molecule has 2 rings (SSSR count). The second-order valence-electron chi connectivity index (χ2n) is 4.50. The van der Waals surface area contributed by atoms with E-state index in [2.05, 4.69) is 9.98 Å². The maximum atomic E-state index is 12.0. The third kappa shape index (κ3) is 1.98. The van der Waals surface area contributed by atoms with Gasteiger partial charge in [-0.2, -0.15) is 0 Å². The molecule has 1 aromatic rings. The number of hydrogen-bond acceptors (Lipinski definition) is 5. The molecular weight excluding hydrogens is 248 g/mol. The van der Waals surface area contributed by atoms with Crippen LogP contribution >= 0.6 is 0 Å². The molecule has 0 aliphatic carbocycles. The van der Waals surface area contributed by atoms with Crippen molar-refractivity contribution in [1.82, 2.24) is 4.98 Å². The van der Waals surface area contributed by atoms with Crippen LogP contribution in [0, 0.1) is 0 Å². The lowest BCUT2D eigenvalue weighted by atomic mass is 9.86. The fourth-order valence-electron chi connectivity index (χ4n) is 2.12. The molecule has 0 aromatic carbocycles. The Balaban J connectivity index is 2.73. The fourth-order valence-corrected chi connectivity index (χ4v) is 2.12. The van der Waals surface area contributed by atoms with E-state index in [1.807, 2.05) is 0 Å². The summed E-state index contributed by atoms with van der Waals surface area (Å²) >= 11 is 0. The summed E-state index contributed by atoms with van der Waals surface area (Å²) in [5, 5.41) is 10.4. The lowest BCUT2D eigenvalue weighted by Gasteiger charge is -2.31. The molecule has 0 amide bonds. The maximum absolute atomic E-state index is 12.0. The molecule has 0 unspecified atom stereocenters. The standard InChI is InChI=1S/C13H16N2O4/c1-4-13(18)9-5-10(7(2)14-3)15-11(16)8(9)6-19-12(13)17/h5,18H,4,6H2,1-3H3,(H,15,16)/b14-7+/t13-/m0/s1. The molecule has 2 N–H and O–H groups in total. The van der Waals surface area contributed by atoms with E-state index in [-0.39, 0.29) is 24.2 Å². The second-order valence-corrected chi connectivity index (χ2v) is 4.50. The first-order valence-electron chi connectivity index (χ1n) is 6.04. The molecule has 0 fully saturated rings. The molecule has 6 heteroatoms. The number of H-pyrrole nitrogens is 1. The lowest BCUT2D eigenvalue weighted by molar-refractivity contribution is -0.172. The van der Waals surface area contributed by atoms with Crippen LogP contribution in [-0.2, 0) is 21.7 Å². The average Bonchev–Trinajstić information content (AvgIpc) is 2.42. The molecule has 102 valence electrons. The quantitative estimate of drug-likeness (QED) is 0.600. The van der Waals surface area contributed by atoms with Crippen LogP contribution in [0.2, 0.25) is 0 Å². The van der Waals surface area contributed by atoms with Crippen LogP contribution in [0.5, 0.6) is 0 Å². The van der Waals surface area contributed by atoms with E-state index < -0.39 is 11.6 Å². The van der Waals surface area contributed by atoms with E-state index in [1.54, 1.807) is 27.0 Å². The number of carbonyl (C=O) groups excluding carboxylic acids is 1. The Labute approximate surface area is 110 Å². The van der Waals surface area contributed by atoms with Crippen LogP contribution in [0.15, 0.2) is 15.9 Å². The number of aliphatic imine (C=N–C) groups is 1. The second kappa shape index (κ2) is 4.62. The topological polar surface area (TPSA) is 91.8 Å². The van der Waals surface area contributed by atoms with E-state index >= 15 is 0 Å². The number of esters is 1. The molecular formula is C13H16N2O4. The Morgan fingerprint density at radius 1 is 1.58 bits per heavy atom. The van der Waals surface area contributed by atoms with Crippen LogP contribution in [0.1, 0.15) is 37.1 Å². The summed E-state index contributed by atoms with van der Waals surface area (Å²) in [7, 11) is 1.60. The summed E-state index contributed by atoms with van der Waals surface area (Å²) in [4.78, 5) is 30.4. The summed E-state index contributed by atoms with van der Waals surface area (Å²) < 4.78 is 4.88. The zero-order valence-corrected chi connectivity index (χ0v) is 11.1. The van der Waals surface area contributed by atoms with E-state index in [0.717, 1.165) is 0 Å². The molecule has 6 nitrogen and oxygen atoms in total. The smallest absolute Gasteiger partial charge is 0.343 e. The largest absolute Gasteiger partial charge is 0.458 e. The van der Waals surface area contributed by atoms with Crippen molar-refractivity contribution in [3.63, 3.8) is 0 Å². The summed E-state index contributed by atoms with van der Waals surface area (Å²) in [5.41, 5.74) is -0.408. The first-order chi connectivity index (χ1) is 8.93. The van der Waals surface area contributed by atoms with Crippen molar-refractivity contribution in [2.24, 2.45) is 4.99 Å². The van der Waals surface area contributed by atoms with Gasteiger partial charge < -0.3 is 14.8 Å². The van der Waals surface area contributed by atoms with Gasteiger partial charge in [-0.15, -0.1) is 0 Å². The van der Waals surface area contributed by atoms with Crippen LogP contribution < -0.4 is 5.56 Å². The number of hydrogen-bond donors (Lipinski definition) is 2. The minimum Gasteiger partial charge on any atom is -0.458 e. The number of rotatable bonds is 2. The van der Waals surface area contributed by atoms with E-state index in [9.17, 15) is 14.7 Å². The first kappa shape index (κ1) is 13.5. The number of nitrogens with one attached hydrogen (secondary N) is 1. The van der Waals surface area contributed by atoms with Gasteiger partial charge >= 0.3 is 5.97 Å². The van der Waals surface area contributed by atoms with E-state index in [4.69, 9.17) is 4.74 Å². The molecule has 0 spiro atoms. The highest BCUT2D eigenvalue weighted by Gasteiger charge is 2.44. The minimum atomic E-state index is -1.76. The molecule has 2 heterocycles. The third-order valence-electron chi connectivity index (χ3n) is 3.50. The van der Waals surface area contributed by atoms with Crippen molar-refractivity contribution < 1.29 is 14.6 Å². The highest BCUT2D eigenvalue weighted by molar-refractivity contribution is 5.97. The number of aromatic amines is 1. The van der Waals surface area contributed by atoms with E-state index in [0.29, 0.717) is 17.0 Å². The predicted molar refractivity (Wildman–Crippen MR) is 69.2 cm³/mol. The highest BCUT2D eigenvalue weighted by Crippen LogP contribution is 2.32. The number of carbonyl (C=O) groups is 1. The first-order valence-corrected chi connectivity index (χ1v) is 6.04. The molecule has 19 heavy (non-hydrogen) atoms.